The molecule has 0 spiro atoms. The van der Waals surface area contributed by atoms with Gasteiger partial charge in [0.15, 0.2) is 4.96 Å². The number of hydrogen-bond donors (Lipinski definition) is 1. The molecule has 1 N–H and O–H groups in total. The van der Waals surface area contributed by atoms with Crippen molar-refractivity contribution in [2.24, 2.45) is 0 Å². The molecule has 4 heteroatoms. The largest absolute Gasteiger partial charge is 0.300 e. The van der Waals surface area contributed by atoms with Crippen molar-refractivity contribution in [3.8, 4) is 12.3 Å². The second kappa shape index (κ2) is 3.60. The Morgan fingerprint density at radius 2 is 2.62 bits per heavy atom. The zero-order chi connectivity index (χ0) is 9.10. The van der Waals surface area contributed by atoms with Gasteiger partial charge < -0.3 is 5.32 Å². The van der Waals surface area contributed by atoms with Crippen molar-refractivity contribution in [3.63, 3.8) is 0 Å². The van der Waals surface area contributed by atoms with Crippen molar-refractivity contribution in [1.82, 2.24) is 14.7 Å². The number of fused-ring (bicyclic) bond motifs is 1. The van der Waals surface area contributed by atoms with Gasteiger partial charge in [0.25, 0.3) is 0 Å². The van der Waals surface area contributed by atoms with E-state index in [0.29, 0.717) is 6.54 Å². The van der Waals surface area contributed by atoms with E-state index >= 15 is 0 Å². The lowest BCUT2D eigenvalue weighted by Gasteiger charge is -1.93. The van der Waals surface area contributed by atoms with Crippen molar-refractivity contribution in [2.75, 3.05) is 6.54 Å². The SMILES string of the molecule is C#CCNCc1cn2ccsc2n1. The number of hydrogen-bond acceptors (Lipinski definition) is 3. The molecule has 0 fully saturated rings. The summed E-state index contributed by atoms with van der Waals surface area (Å²) >= 11 is 1.63. The van der Waals surface area contributed by atoms with Crippen LogP contribution in [0.15, 0.2) is 17.8 Å². The first kappa shape index (κ1) is 8.30. The Hall–Kier alpha value is -1.31. The first-order valence-corrected chi connectivity index (χ1v) is 4.83. The van der Waals surface area contributed by atoms with Crippen LogP contribution in [0, 0.1) is 12.3 Å². The highest BCUT2D eigenvalue weighted by Gasteiger charge is 2.00. The molecule has 0 saturated carbocycles. The quantitative estimate of drug-likeness (QED) is 0.582. The molecule has 0 aliphatic carbocycles. The fourth-order valence-corrected chi connectivity index (χ4v) is 1.84. The summed E-state index contributed by atoms with van der Waals surface area (Å²) in [7, 11) is 0. The van der Waals surface area contributed by atoms with Crippen LogP contribution in [0.2, 0.25) is 0 Å². The van der Waals surface area contributed by atoms with Crippen LogP contribution in [0.4, 0.5) is 0 Å². The average Bonchev–Trinajstić information content (AvgIpc) is 2.64. The molecule has 2 aromatic heterocycles. The van der Waals surface area contributed by atoms with E-state index < -0.39 is 0 Å². The van der Waals surface area contributed by atoms with E-state index in [-0.39, 0.29) is 0 Å². The molecule has 0 radical (unpaired) electrons. The highest BCUT2D eigenvalue weighted by molar-refractivity contribution is 7.15. The van der Waals surface area contributed by atoms with Gasteiger partial charge in [0.05, 0.1) is 12.2 Å². The fourth-order valence-electron chi connectivity index (χ4n) is 1.12. The third-order valence-corrected chi connectivity index (χ3v) is 2.45. The van der Waals surface area contributed by atoms with Crippen LogP contribution >= 0.6 is 11.3 Å². The van der Waals surface area contributed by atoms with Gasteiger partial charge in [-0.1, -0.05) is 5.92 Å². The minimum atomic E-state index is 0.588. The van der Waals surface area contributed by atoms with Gasteiger partial charge in [-0.05, 0) is 0 Å². The van der Waals surface area contributed by atoms with Crippen LogP contribution < -0.4 is 5.32 Å². The summed E-state index contributed by atoms with van der Waals surface area (Å²) in [6, 6.07) is 0. The third kappa shape index (κ3) is 1.72. The number of rotatable bonds is 3. The lowest BCUT2D eigenvalue weighted by Crippen LogP contribution is -2.13. The van der Waals surface area contributed by atoms with Gasteiger partial charge in [0.1, 0.15) is 0 Å². The third-order valence-electron chi connectivity index (χ3n) is 1.68. The summed E-state index contributed by atoms with van der Waals surface area (Å²) in [5, 5.41) is 5.11. The highest BCUT2D eigenvalue weighted by Crippen LogP contribution is 2.10. The van der Waals surface area contributed by atoms with Crippen molar-refractivity contribution < 1.29 is 0 Å². The van der Waals surface area contributed by atoms with Gasteiger partial charge in [0, 0.05) is 24.3 Å². The first-order chi connectivity index (χ1) is 6.40. The van der Waals surface area contributed by atoms with Crippen molar-refractivity contribution in [1.29, 1.82) is 0 Å². The van der Waals surface area contributed by atoms with Crippen LogP contribution in [-0.2, 0) is 6.54 Å². The zero-order valence-electron chi connectivity index (χ0n) is 7.03. The summed E-state index contributed by atoms with van der Waals surface area (Å²) in [5.41, 5.74) is 1.03. The van der Waals surface area contributed by atoms with Crippen LogP contribution in [0.3, 0.4) is 0 Å². The molecular formula is C9H9N3S. The van der Waals surface area contributed by atoms with Gasteiger partial charge in [-0.3, -0.25) is 4.40 Å². The molecule has 0 aromatic carbocycles. The summed E-state index contributed by atoms with van der Waals surface area (Å²) in [6.45, 7) is 1.32. The number of nitrogens with zero attached hydrogens (tertiary/aromatic N) is 2. The number of aromatic nitrogens is 2. The summed E-state index contributed by atoms with van der Waals surface area (Å²) in [5.74, 6) is 2.52. The molecule has 0 aliphatic rings. The van der Waals surface area contributed by atoms with E-state index in [1.54, 1.807) is 11.3 Å². The Bertz CT molecular complexity index is 406. The molecule has 13 heavy (non-hydrogen) atoms. The minimum Gasteiger partial charge on any atom is -0.300 e. The van der Waals surface area contributed by atoms with E-state index in [0.717, 1.165) is 17.2 Å². The molecule has 0 bridgehead atoms. The second-order valence-electron chi connectivity index (χ2n) is 2.63. The Morgan fingerprint density at radius 3 is 3.38 bits per heavy atom. The highest BCUT2D eigenvalue weighted by atomic mass is 32.1. The van der Waals surface area contributed by atoms with Crippen molar-refractivity contribution >= 4 is 16.3 Å². The standard InChI is InChI=1S/C9H9N3S/c1-2-3-10-6-8-7-12-4-5-13-9(12)11-8/h1,4-5,7,10H,3,6H2. The van der Waals surface area contributed by atoms with Gasteiger partial charge in [0.2, 0.25) is 0 Å². The monoisotopic (exact) mass is 191 g/mol. The maximum atomic E-state index is 5.11. The molecular weight excluding hydrogens is 182 g/mol. The molecule has 3 nitrogen and oxygen atoms in total. The molecule has 0 aliphatic heterocycles. The van der Waals surface area contributed by atoms with Crippen LogP contribution in [0.1, 0.15) is 5.69 Å². The Labute approximate surface area is 80.4 Å². The van der Waals surface area contributed by atoms with Gasteiger partial charge in [-0.15, -0.1) is 17.8 Å². The van der Waals surface area contributed by atoms with Crippen LogP contribution in [-0.4, -0.2) is 15.9 Å². The molecule has 66 valence electrons. The van der Waals surface area contributed by atoms with Crippen molar-refractivity contribution in [3.05, 3.63) is 23.5 Å². The topological polar surface area (TPSA) is 29.3 Å². The summed E-state index contributed by atoms with van der Waals surface area (Å²) in [6.07, 6.45) is 9.12. The maximum Gasteiger partial charge on any atom is 0.193 e. The van der Waals surface area contributed by atoms with E-state index in [1.807, 2.05) is 22.2 Å². The predicted octanol–water partition coefficient (Wildman–Crippen LogP) is 1.12. The summed E-state index contributed by atoms with van der Waals surface area (Å²) < 4.78 is 2.01. The molecule has 2 aromatic rings. The molecule has 0 amide bonds. The lowest BCUT2D eigenvalue weighted by molar-refractivity contribution is 0.755. The average molecular weight is 191 g/mol. The van der Waals surface area contributed by atoms with E-state index in [2.05, 4.69) is 16.2 Å². The maximum absolute atomic E-state index is 5.11. The van der Waals surface area contributed by atoms with Crippen LogP contribution in [0.5, 0.6) is 0 Å². The molecule has 0 atom stereocenters. The minimum absolute atomic E-state index is 0.588. The van der Waals surface area contributed by atoms with E-state index in [4.69, 9.17) is 6.42 Å². The smallest absolute Gasteiger partial charge is 0.193 e. The number of imidazole rings is 1. The fraction of sp³-hybridized carbons (Fsp3) is 0.222. The normalized spacial score (nSPS) is 10.4. The Balaban J connectivity index is 2.08. The van der Waals surface area contributed by atoms with Gasteiger partial charge in [-0.25, -0.2) is 4.98 Å². The molecule has 0 saturated heterocycles. The molecule has 2 rings (SSSR count). The number of terminal acetylenes is 1. The Morgan fingerprint density at radius 1 is 1.69 bits per heavy atom. The second-order valence-corrected chi connectivity index (χ2v) is 3.51. The molecule has 0 unspecified atom stereocenters. The zero-order valence-corrected chi connectivity index (χ0v) is 7.84. The van der Waals surface area contributed by atoms with Gasteiger partial charge in [-0.2, -0.15) is 0 Å². The van der Waals surface area contributed by atoms with Crippen LogP contribution in [0.25, 0.3) is 4.96 Å². The van der Waals surface area contributed by atoms with E-state index in [1.165, 1.54) is 0 Å². The number of nitrogens with one attached hydrogen (secondary N) is 1. The predicted molar refractivity (Wildman–Crippen MR) is 53.6 cm³/mol. The Kier molecular flexibility index (Phi) is 2.30. The molecule has 2 heterocycles. The lowest BCUT2D eigenvalue weighted by atomic mass is 10.4. The summed E-state index contributed by atoms with van der Waals surface area (Å²) in [4.78, 5) is 5.42. The van der Waals surface area contributed by atoms with E-state index in [9.17, 15) is 0 Å². The van der Waals surface area contributed by atoms with Crippen molar-refractivity contribution in [2.45, 2.75) is 6.54 Å². The number of thiazole rings is 1. The first-order valence-electron chi connectivity index (χ1n) is 3.95. The van der Waals surface area contributed by atoms with Gasteiger partial charge >= 0.3 is 0 Å².